The van der Waals surface area contributed by atoms with Crippen molar-refractivity contribution in [3.05, 3.63) is 161 Å². The van der Waals surface area contributed by atoms with E-state index >= 15 is 0 Å². The highest BCUT2D eigenvalue weighted by molar-refractivity contribution is 6.34. The van der Waals surface area contributed by atoms with E-state index in [0.29, 0.717) is 28.8 Å². The van der Waals surface area contributed by atoms with Crippen molar-refractivity contribution in [1.82, 2.24) is 4.90 Å². The fourth-order valence-electron chi connectivity index (χ4n) is 6.53. The van der Waals surface area contributed by atoms with Crippen LogP contribution in [0.5, 0.6) is 0 Å². The number of imide groups is 1. The van der Waals surface area contributed by atoms with Gasteiger partial charge in [0, 0.05) is 17.7 Å². The first-order valence-corrected chi connectivity index (χ1v) is 15.1. The summed E-state index contributed by atoms with van der Waals surface area (Å²) in [5.41, 5.74) is 4.93. The van der Waals surface area contributed by atoms with Crippen LogP contribution in [-0.2, 0) is 5.54 Å². The molecule has 0 radical (unpaired) electrons. The van der Waals surface area contributed by atoms with Crippen LogP contribution in [0.25, 0.3) is 0 Å². The number of allylic oxidation sites excluding steroid dienone is 7. The largest absolute Gasteiger partial charge is 0.298 e. The lowest BCUT2D eigenvalue weighted by atomic mass is 9.74. The molecular weight excluding hydrogens is 544 g/mol. The Labute approximate surface area is 260 Å². The Morgan fingerprint density at radius 3 is 2.05 bits per heavy atom. The normalized spacial score (nSPS) is 19.0. The van der Waals surface area contributed by atoms with Crippen LogP contribution in [0.3, 0.4) is 0 Å². The molecule has 2 aliphatic heterocycles. The van der Waals surface area contributed by atoms with Crippen molar-refractivity contribution in [2.24, 2.45) is 5.92 Å². The quantitative estimate of drug-likeness (QED) is 0.129. The highest BCUT2D eigenvalue weighted by atomic mass is 16.2. The number of hydrogen-bond acceptors (Lipinski definition) is 3. The standard InChI is InChI=1S/C39H38N2O3/c1-6-9-10-17-28(5)41-38(44)34-20-13-14-21-35(34)39(41,26-29(16-8-3)27(4)15-7-2)30-22-24-31(25-23-30)40-36(42)32-18-11-12-19-33(32)37(40)43/h6-7,9-14,16-25,27H,1-2,8,15,26H2,3-5H3/b10-9-,28-17+,29-16-. The summed E-state index contributed by atoms with van der Waals surface area (Å²) in [6.07, 6.45) is 13.8. The molecule has 5 nitrogen and oxygen atoms in total. The van der Waals surface area contributed by atoms with E-state index in [1.807, 2.05) is 84.7 Å². The Balaban J connectivity index is 1.71. The second-order valence-corrected chi connectivity index (χ2v) is 11.3. The first-order chi connectivity index (χ1) is 21.3. The Morgan fingerprint density at radius 2 is 1.45 bits per heavy atom. The number of benzene rings is 3. The van der Waals surface area contributed by atoms with Gasteiger partial charge >= 0.3 is 0 Å². The van der Waals surface area contributed by atoms with Gasteiger partial charge in [-0.2, -0.15) is 0 Å². The first kappa shape index (κ1) is 30.4. The average molecular weight is 583 g/mol. The van der Waals surface area contributed by atoms with Crippen molar-refractivity contribution in [3.63, 3.8) is 0 Å². The Morgan fingerprint density at radius 1 is 0.841 bits per heavy atom. The number of nitrogens with zero attached hydrogens (tertiary/aromatic N) is 2. The SMILES string of the molecule is C=C/C=C\C=C(/C)N1C(=O)c2ccccc2C1(C/C(=C/CC)C(C)CC=C)c1ccc(N2C(=O)c3ccccc3C2=O)cc1. The van der Waals surface area contributed by atoms with Crippen molar-refractivity contribution in [1.29, 1.82) is 0 Å². The van der Waals surface area contributed by atoms with E-state index in [-0.39, 0.29) is 23.6 Å². The van der Waals surface area contributed by atoms with Gasteiger partial charge in [-0.3, -0.25) is 19.3 Å². The molecule has 0 saturated carbocycles. The molecule has 2 aliphatic rings. The molecule has 3 aromatic rings. The van der Waals surface area contributed by atoms with Crippen LogP contribution in [-0.4, -0.2) is 22.6 Å². The maximum absolute atomic E-state index is 14.3. The second kappa shape index (κ2) is 12.7. The molecule has 3 aromatic carbocycles. The maximum Gasteiger partial charge on any atom is 0.266 e. The smallest absolute Gasteiger partial charge is 0.266 e. The van der Waals surface area contributed by atoms with Crippen molar-refractivity contribution >= 4 is 23.4 Å². The fourth-order valence-corrected chi connectivity index (χ4v) is 6.53. The monoisotopic (exact) mass is 582 g/mol. The van der Waals surface area contributed by atoms with E-state index in [4.69, 9.17) is 0 Å². The third-order valence-electron chi connectivity index (χ3n) is 8.60. The van der Waals surface area contributed by atoms with Crippen molar-refractivity contribution in [3.8, 4) is 0 Å². The summed E-state index contributed by atoms with van der Waals surface area (Å²) in [6.45, 7) is 14.0. The topological polar surface area (TPSA) is 57.7 Å². The summed E-state index contributed by atoms with van der Waals surface area (Å²) in [6, 6.07) is 22.2. The van der Waals surface area contributed by atoms with E-state index in [1.54, 1.807) is 30.3 Å². The van der Waals surface area contributed by atoms with Gasteiger partial charge in [-0.05, 0) is 73.2 Å². The van der Waals surface area contributed by atoms with Gasteiger partial charge in [0.1, 0.15) is 5.54 Å². The van der Waals surface area contributed by atoms with Gasteiger partial charge in [0.25, 0.3) is 17.7 Å². The number of fused-ring (bicyclic) bond motifs is 2. The lowest BCUT2D eigenvalue weighted by Crippen LogP contribution is -2.44. The third kappa shape index (κ3) is 5.09. The Kier molecular flexibility index (Phi) is 8.77. The number of hydrogen-bond donors (Lipinski definition) is 0. The van der Waals surface area contributed by atoms with Crippen LogP contribution >= 0.6 is 0 Å². The van der Waals surface area contributed by atoms with Crippen LogP contribution in [0.15, 0.2) is 134 Å². The molecule has 2 unspecified atom stereocenters. The molecule has 0 N–H and O–H groups in total. The molecule has 0 spiro atoms. The third-order valence-corrected chi connectivity index (χ3v) is 8.60. The van der Waals surface area contributed by atoms with Crippen LogP contribution < -0.4 is 4.90 Å². The molecule has 0 fully saturated rings. The van der Waals surface area contributed by atoms with Gasteiger partial charge in [0.15, 0.2) is 0 Å². The number of amides is 3. The van der Waals surface area contributed by atoms with Crippen molar-refractivity contribution in [2.45, 2.75) is 45.6 Å². The zero-order valence-corrected chi connectivity index (χ0v) is 25.6. The van der Waals surface area contributed by atoms with Crippen LogP contribution in [0.4, 0.5) is 5.69 Å². The molecule has 2 heterocycles. The zero-order valence-electron chi connectivity index (χ0n) is 25.6. The minimum absolute atomic E-state index is 0.0713. The summed E-state index contributed by atoms with van der Waals surface area (Å²) in [4.78, 5) is 43.9. The van der Waals surface area contributed by atoms with Crippen molar-refractivity contribution in [2.75, 3.05) is 4.90 Å². The highest BCUT2D eigenvalue weighted by Gasteiger charge is 2.52. The number of carbonyl (C=O) groups excluding carboxylic acids is 3. The fraction of sp³-hybridized carbons (Fsp3) is 0.205. The predicted octanol–water partition coefficient (Wildman–Crippen LogP) is 8.77. The van der Waals surface area contributed by atoms with Gasteiger partial charge in [-0.15, -0.1) is 6.58 Å². The lowest BCUT2D eigenvalue weighted by molar-refractivity contribution is 0.0709. The van der Waals surface area contributed by atoms with Gasteiger partial charge < -0.3 is 0 Å². The Hall–Kier alpha value is -5.03. The summed E-state index contributed by atoms with van der Waals surface area (Å²) in [5, 5.41) is 0. The van der Waals surface area contributed by atoms with Crippen LogP contribution in [0, 0.1) is 5.92 Å². The van der Waals surface area contributed by atoms with E-state index in [0.717, 1.165) is 29.7 Å². The zero-order chi connectivity index (χ0) is 31.4. The number of anilines is 1. The molecule has 0 aliphatic carbocycles. The van der Waals surface area contributed by atoms with Crippen molar-refractivity contribution < 1.29 is 14.4 Å². The second-order valence-electron chi connectivity index (χ2n) is 11.3. The first-order valence-electron chi connectivity index (χ1n) is 15.1. The van der Waals surface area contributed by atoms with E-state index in [2.05, 4.69) is 33.1 Å². The molecule has 2 atom stereocenters. The van der Waals surface area contributed by atoms with Crippen LogP contribution in [0.2, 0.25) is 0 Å². The number of rotatable bonds is 11. The molecule has 0 aromatic heterocycles. The van der Waals surface area contributed by atoms with Crippen LogP contribution in [0.1, 0.15) is 82.2 Å². The summed E-state index contributed by atoms with van der Waals surface area (Å²) >= 11 is 0. The molecule has 5 rings (SSSR count). The lowest BCUT2D eigenvalue weighted by Gasteiger charge is -2.42. The average Bonchev–Trinajstić information content (AvgIpc) is 3.44. The Bertz CT molecular complexity index is 1690. The molecule has 44 heavy (non-hydrogen) atoms. The number of carbonyl (C=O) groups is 3. The molecule has 0 bridgehead atoms. The van der Waals surface area contributed by atoms with Gasteiger partial charge in [-0.1, -0.05) is 98.8 Å². The molecule has 3 amide bonds. The predicted molar refractivity (Wildman–Crippen MR) is 177 cm³/mol. The molecular formula is C39H38N2O3. The van der Waals surface area contributed by atoms with E-state index < -0.39 is 5.54 Å². The van der Waals surface area contributed by atoms with E-state index in [1.165, 1.54) is 10.5 Å². The molecule has 222 valence electrons. The van der Waals surface area contributed by atoms with Gasteiger partial charge in [-0.25, -0.2) is 4.90 Å². The van der Waals surface area contributed by atoms with Gasteiger partial charge in [0.2, 0.25) is 0 Å². The van der Waals surface area contributed by atoms with Gasteiger partial charge in [0.05, 0.1) is 16.8 Å². The minimum Gasteiger partial charge on any atom is -0.298 e. The summed E-state index contributed by atoms with van der Waals surface area (Å²) in [5.74, 6) is -0.528. The minimum atomic E-state index is -0.868. The summed E-state index contributed by atoms with van der Waals surface area (Å²) < 4.78 is 0. The highest BCUT2D eigenvalue weighted by Crippen LogP contribution is 2.51. The summed E-state index contributed by atoms with van der Waals surface area (Å²) in [7, 11) is 0. The molecule has 0 saturated heterocycles. The maximum atomic E-state index is 14.3. The molecule has 5 heteroatoms. The van der Waals surface area contributed by atoms with E-state index in [9.17, 15) is 14.4 Å².